The number of anilines is 1. The molecule has 51 heavy (non-hydrogen) atoms. The molecule has 9 aromatic rings. The Hall–Kier alpha value is -6.23. The molecule has 2 unspecified atom stereocenters. The van der Waals surface area contributed by atoms with Crippen molar-refractivity contribution in [2.24, 2.45) is 0 Å². The summed E-state index contributed by atoms with van der Waals surface area (Å²) in [6, 6.07) is 61.1. The number of benzene rings is 7. The van der Waals surface area contributed by atoms with Crippen molar-refractivity contribution in [2.75, 3.05) is 12.4 Å². The molecule has 4 heteroatoms. The smallest absolute Gasteiger partial charge is 0.171 e. The fourth-order valence-electron chi connectivity index (χ4n) is 8.48. The molecule has 1 aliphatic heterocycles. The van der Waals surface area contributed by atoms with Crippen LogP contribution in [-0.2, 0) is 5.79 Å². The van der Waals surface area contributed by atoms with Crippen LogP contribution in [0.3, 0.4) is 0 Å². The van der Waals surface area contributed by atoms with Gasteiger partial charge in [0.1, 0.15) is 0 Å². The van der Waals surface area contributed by atoms with Crippen LogP contribution in [0.15, 0.2) is 170 Å². The first-order chi connectivity index (χ1) is 25.1. The van der Waals surface area contributed by atoms with Gasteiger partial charge in [-0.25, -0.2) is 0 Å². The summed E-state index contributed by atoms with van der Waals surface area (Å²) in [6.45, 7) is 2.32. The molecule has 10 rings (SSSR count). The first-order valence-corrected chi connectivity index (χ1v) is 17.7. The number of hydrogen-bond donors (Lipinski definition) is 1. The van der Waals surface area contributed by atoms with Crippen molar-refractivity contribution >= 4 is 49.2 Å². The van der Waals surface area contributed by atoms with Crippen LogP contribution >= 0.6 is 0 Å². The van der Waals surface area contributed by atoms with Crippen LogP contribution in [0.5, 0.6) is 0 Å². The largest absolute Gasteiger partial charge is 0.350 e. The van der Waals surface area contributed by atoms with Crippen LogP contribution in [-0.4, -0.2) is 21.5 Å². The minimum Gasteiger partial charge on any atom is -0.350 e. The number of nitrogens with zero attached hydrogens (tertiary/aromatic N) is 3. The second-order valence-electron chi connectivity index (χ2n) is 13.8. The van der Waals surface area contributed by atoms with Gasteiger partial charge in [-0.2, -0.15) is 0 Å². The van der Waals surface area contributed by atoms with Crippen LogP contribution in [0.4, 0.5) is 5.69 Å². The average Bonchev–Trinajstić information content (AvgIpc) is 3.53. The van der Waals surface area contributed by atoms with Crippen molar-refractivity contribution in [1.82, 2.24) is 14.5 Å². The predicted molar refractivity (Wildman–Crippen MR) is 213 cm³/mol. The number of pyridine rings is 1. The highest BCUT2D eigenvalue weighted by Crippen LogP contribution is 2.48. The zero-order valence-corrected chi connectivity index (χ0v) is 28.6. The van der Waals surface area contributed by atoms with Crippen molar-refractivity contribution in [3.8, 4) is 22.3 Å². The van der Waals surface area contributed by atoms with Gasteiger partial charge < -0.3 is 9.88 Å². The normalized spacial score (nSPS) is 17.6. The Morgan fingerprint density at radius 2 is 1.25 bits per heavy atom. The first-order valence-electron chi connectivity index (χ1n) is 17.7. The Kier molecular flexibility index (Phi) is 6.64. The monoisotopic (exact) mass is 656 g/mol. The molecule has 0 saturated carbocycles. The molecular weight excluding hydrogens is 621 g/mol. The Labute approximate surface area is 297 Å². The summed E-state index contributed by atoms with van der Waals surface area (Å²) in [7, 11) is 2.24. The van der Waals surface area contributed by atoms with Gasteiger partial charge >= 0.3 is 0 Å². The summed E-state index contributed by atoms with van der Waals surface area (Å²) in [5.41, 5.74) is 11.5. The molecule has 0 spiro atoms. The molecule has 0 fully saturated rings. The summed E-state index contributed by atoms with van der Waals surface area (Å²) in [4.78, 5) is 7.90. The predicted octanol–water partition coefficient (Wildman–Crippen LogP) is 11.6. The third kappa shape index (κ3) is 4.53. The highest BCUT2D eigenvalue weighted by molar-refractivity contribution is 6.21. The van der Waals surface area contributed by atoms with Crippen molar-refractivity contribution in [3.05, 3.63) is 181 Å². The summed E-state index contributed by atoms with van der Waals surface area (Å²) in [5, 5.41) is 10.2. The third-order valence-electron chi connectivity index (χ3n) is 11.0. The van der Waals surface area contributed by atoms with Crippen molar-refractivity contribution in [2.45, 2.75) is 18.8 Å². The van der Waals surface area contributed by atoms with E-state index in [4.69, 9.17) is 4.98 Å². The summed E-state index contributed by atoms with van der Waals surface area (Å²) < 4.78 is 2.53. The maximum Gasteiger partial charge on any atom is 0.171 e. The van der Waals surface area contributed by atoms with Gasteiger partial charge in [0.2, 0.25) is 0 Å². The van der Waals surface area contributed by atoms with Crippen molar-refractivity contribution < 1.29 is 0 Å². The van der Waals surface area contributed by atoms with Crippen LogP contribution in [0.25, 0.3) is 65.7 Å². The van der Waals surface area contributed by atoms with Crippen LogP contribution in [0.1, 0.15) is 24.2 Å². The molecule has 1 N–H and O–H groups in total. The Balaban J connectivity index is 1.26. The standard InChI is InChI=1S/C47H36N4/c1-47(51-43-28-26-33-19-9-10-20-35(33)45(43)38-27-25-34(29-44(38)51)31-15-5-3-6-16-31)49-41-24-14-12-22-37(41)46(50(47)2)42-30-39(32-17-7-4-8-18-32)36-21-11-13-23-40(36)48-42/h3-30,46,49H,1-2H3. The molecule has 0 saturated heterocycles. The van der Waals surface area contributed by atoms with Gasteiger partial charge in [0.15, 0.2) is 5.79 Å². The average molecular weight is 657 g/mol. The third-order valence-corrected chi connectivity index (χ3v) is 11.0. The van der Waals surface area contributed by atoms with Crippen LogP contribution in [0, 0.1) is 0 Å². The molecule has 7 aromatic carbocycles. The van der Waals surface area contributed by atoms with E-state index in [0.717, 1.165) is 22.3 Å². The second kappa shape index (κ2) is 11.4. The Bertz CT molecular complexity index is 2770. The van der Waals surface area contributed by atoms with E-state index in [1.54, 1.807) is 0 Å². The lowest BCUT2D eigenvalue weighted by molar-refractivity contribution is 0.0582. The van der Waals surface area contributed by atoms with Gasteiger partial charge in [-0.1, -0.05) is 140 Å². The minimum absolute atomic E-state index is 0.134. The topological polar surface area (TPSA) is 33.1 Å². The minimum atomic E-state index is -0.684. The number of fused-ring (bicyclic) bond motifs is 7. The maximum atomic E-state index is 5.42. The molecule has 3 heterocycles. The van der Waals surface area contributed by atoms with E-state index in [0.29, 0.717) is 0 Å². The van der Waals surface area contributed by atoms with E-state index >= 15 is 0 Å². The molecule has 0 bridgehead atoms. The molecule has 244 valence electrons. The van der Waals surface area contributed by atoms with Crippen molar-refractivity contribution in [1.29, 1.82) is 0 Å². The van der Waals surface area contributed by atoms with Gasteiger partial charge in [-0.05, 0) is 82.9 Å². The number of hydrogen-bond acceptors (Lipinski definition) is 3. The summed E-state index contributed by atoms with van der Waals surface area (Å²) in [5.74, 6) is -0.684. The molecule has 1 aliphatic rings. The van der Waals surface area contributed by atoms with Crippen LogP contribution < -0.4 is 5.32 Å². The van der Waals surface area contributed by atoms with E-state index in [1.165, 1.54) is 60.4 Å². The van der Waals surface area contributed by atoms with Gasteiger partial charge in [0.25, 0.3) is 0 Å². The molecule has 2 atom stereocenters. The highest BCUT2D eigenvalue weighted by Gasteiger charge is 2.44. The van der Waals surface area contributed by atoms with Gasteiger partial charge in [0, 0.05) is 21.8 Å². The Morgan fingerprint density at radius 1 is 0.569 bits per heavy atom. The second-order valence-corrected chi connectivity index (χ2v) is 13.8. The lowest BCUT2D eigenvalue weighted by Crippen LogP contribution is -2.56. The quantitative estimate of drug-likeness (QED) is 0.205. The van der Waals surface area contributed by atoms with Crippen molar-refractivity contribution in [3.63, 3.8) is 0 Å². The number of aromatic nitrogens is 2. The SMILES string of the molecule is CN1C(c2cc(-c3ccccc3)c3ccccc3n2)c2ccccc2NC1(C)n1c2cc(-c3ccccc3)ccc2c2c3ccccc3ccc21. The number of nitrogens with one attached hydrogen (secondary N) is 1. The van der Waals surface area contributed by atoms with Gasteiger partial charge in [0.05, 0.1) is 28.3 Å². The number of para-hydroxylation sites is 2. The van der Waals surface area contributed by atoms with Crippen LogP contribution in [0.2, 0.25) is 0 Å². The summed E-state index contributed by atoms with van der Waals surface area (Å²) in [6.07, 6.45) is 0. The fourth-order valence-corrected chi connectivity index (χ4v) is 8.48. The molecular formula is C47H36N4. The van der Waals surface area contributed by atoms with E-state index in [-0.39, 0.29) is 6.04 Å². The van der Waals surface area contributed by atoms with Gasteiger partial charge in [-0.3, -0.25) is 9.88 Å². The maximum absolute atomic E-state index is 5.42. The zero-order valence-electron chi connectivity index (χ0n) is 28.6. The lowest BCUT2D eigenvalue weighted by atomic mass is 9.92. The van der Waals surface area contributed by atoms with E-state index in [2.05, 4.69) is 199 Å². The first kappa shape index (κ1) is 29.7. The molecule has 4 nitrogen and oxygen atoms in total. The van der Waals surface area contributed by atoms with E-state index in [9.17, 15) is 0 Å². The highest BCUT2D eigenvalue weighted by atomic mass is 15.5. The lowest BCUT2D eigenvalue weighted by Gasteiger charge is -2.50. The zero-order chi connectivity index (χ0) is 34.1. The summed E-state index contributed by atoms with van der Waals surface area (Å²) >= 11 is 0. The van der Waals surface area contributed by atoms with E-state index in [1.807, 2.05) is 0 Å². The van der Waals surface area contributed by atoms with E-state index < -0.39 is 5.79 Å². The molecule has 0 radical (unpaired) electrons. The fraction of sp³-hybridized carbons (Fsp3) is 0.0851. The molecule has 2 aromatic heterocycles. The Morgan fingerprint density at radius 3 is 2.08 bits per heavy atom. The number of rotatable bonds is 4. The molecule has 0 amide bonds. The molecule has 0 aliphatic carbocycles. The van der Waals surface area contributed by atoms with Gasteiger partial charge in [-0.15, -0.1) is 0 Å².